The van der Waals surface area contributed by atoms with E-state index in [1.54, 1.807) is 6.07 Å². The van der Waals surface area contributed by atoms with Gasteiger partial charge in [-0.3, -0.25) is 9.59 Å². The predicted octanol–water partition coefficient (Wildman–Crippen LogP) is 4.39. The summed E-state index contributed by atoms with van der Waals surface area (Å²) in [6.45, 7) is 2.11. The second kappa shape index (κ2) is 9.50. The van der Waals surface area contributed by atoms with Crippen LogP contribution < -0.4 is 10.6 Å². The quantitative estimate of drug-likeness (QED) is 0.708. The number of benzene rings is 2. The minimum atomic E-state index is -0.0763. The molecule has 0 atom stereocenters. The Labute approximate surface area is 143 Å². The van der Waals surface area contributed by atoms with Crippen LogP contribution in [0, 0.1) is 0 Å². The lowest BCUT2D eigenvalue weighted by atomic mass is 10.1. The molecular formula is C20H24N2O2. The molecule has 0 radical (unpaired) electrons. The number of unbranched alkanes of at least 4 members (excludes halogenated alkanes) is 2. The van der Waals surface area contributed by atoms with Gasteiger partial charge in [0.2, 0.25) is 11.8 Å². The van der Waals surface area contributed by atoms with E-state index in [1.807, 2.05) is 48.5 Å². The van der Waals surface area contributed by atoms with Crippen molar-refractivity contribution >= 4 is 23.2 Å². The minimum Gasteiger partial charge on any atom is -0.326 e. The first-order chi connectivity index (χ1) is 11.7. The average Bonchev–Trinajstić information content (AvgIpc) is 2.56. The summed E-state index contributed by atoms with van der Waals surface area (Å²) in [6, 6.07) is 16.8. The standard InChI is InChI=1S/C20H24N2O2/c1-2-3-5-13-19(23)21-17-11-8-12-18(15-17)22-20(24)14-16-9-6-4-7-10-16/h4,6-12,15H,2-3,5,13-14H2,1H3,(H,21,23)(H,22,24). The summed E-state index contributed by atoms with van der Waals surface area (Å²) >= 11 is 0. The molecule has 126 valence electrons. The van der Waals surface area contributed by atoms with Crippen LogP contribution in [0.25, 0.3) is 0 Å². The highest BCUT2D eigenvalue weighted by Crippen LogP contribution is 2.16. The van der Waals surface area contributed by atoms with E-state index in [0.717, 1.165) is 24.8 Å². The van der Waals surface area contributed by atoms with Gasteiger partial charge in [0.1, 0.15) is 0 Å². The van der Waals surface area contributed by atoms with E-state index in [0.29, 0.717) is 24.2 Å². The van der Waals surface area contributed by atoms with Gasteiger partial charge in [0.05, 0.1) is 6.42 Å². The van der Waals surface area contributed by atoms with Gasteiger partial charge in [-0.05, 0) is 30.2 Å². The van der Waals surface area contributed by atoms with Crippen LogP contribution in [0.5, 0.6) is 0 Å². The molecule has 0 fully saturated rings. The molecule has 0 aliphatic rings. The third kappa shape index (κ3) is 6.24. The van der Waals surface area contributed by atoms with Crippen molar-refractivity contribution in [3.8, 4) is 0 Å². The second-order valence-electron chi connectivity index (χ2n) is 5.80. The van der Waals surface area contributed by atoms with Gasteiger partial charge in [-0.2, -0.15) is 0 Å². The van der Waals surface area contributed by atoms with Crippen LogP contribution in [0.15, 0.2) is 54.6 Å². The van der Waals surface area contributed by atoms with Crippen LogP contribution in [0.3, 0.4) is 0 Å². The highest BCUT2D eigenvalue weighted by molar-refractivity contribution is 5.94. The number of rotatable bonds is 8. The maximum atomic E-state index is 12.1. The molecule has 4 heteroatoms. The number of nitrogens with one attached hydrogen (secondary N) is 2. The van der Waals surface area contributed by atoms with Gasteiger partial charge in [0.15, 0.2) is 0 Å². The van der Waals surface area contributed by atoms with Crippen LogP contribution in [0.4, 0.5) is 11.4 Å². The monoisotopic (exact) mass is 324 g/mol. The molecular weight excluding hydrogens is 300 g/mol. The normalized spacial score (nSPS) is 10.2. The zero-order valence-electron chi connectivity index (χ0n) is 14.0. The fourth-order valence-electron chi connectivity index (χ4n) is 2.42. The maximum Gasteiger partial charge on any atom is 0.228 e. The Morgan fingerprint density at radius 2 is 1.50 bits per heavy atom. The van der Waals surface area contributed by atoms with E-state index in [4.69, 9.17) is 0 Å². The molecule has 2 N–H and O–H groups in total. The Hall–Kier alpha value is -2.62. The van der Waals surface area contributed by atoms with E-state index in [1.165, 1.54) is 0 Å². The molecule has 0 saturated heterocycles. The zero-order chi connectivity index (χ0) is 17.2. The van der Waals surface area contributed by atoms with E-state index in [-0.39, 0.29) is 11.8 Å². The molecule has 24 heavy (non-hydrogen) atoms. The smallest absolute Gasteiger partial charge is 0.228 e. The minimum absolute atomic E-state index is 0.0104. The van der Waals surface area contributed by atoms with Crippen LogP contribution in [-0.4, -0.2) is 11.8 Å². The van der Waals surface area contributed by atoms with Gasteiger partial charge < -0.3 is 10.6 Å². The molecule has 0 aliphatic heterocycles. The second-order valence-corrected chi connectivity index (χ2v) is 5.80. The summed E-state index contributed by atoms with van der Waals surface area (Å²) in [5.74, 6) is -0.0659. The van der Waals surface area contributed by atoms with Gasteiger partial charge in [-0.25, -0.2) is 0 Å². The first kappa shape index (κ1) is 17.7. The van der Waals surface area contributed by atoms with Crippen molar-refractivity contribution in [2.24, 2.45) is 0 Å². The molecule has 2 rings (SSSR count). The first-order valence-electron chi connectivity index (χ1n) is 8.41. The average molecular weight is 324 g/mol. The van der Waals surface area contributed by atoms with Crippen LogP contribution >= 0.6 is 0 Å². The molecule has 0 aromatic heterocycles. The molecule has 0 unspecified atom stereocenters. The zero-order valence-corrected chi connectivity index (χ0v) is 14.0. The Kier molecular flexibility index (Phi) is 7.02. The van der Waals surface area contributed by atoms with Crippen LogP contribution in [0.2, 0.25) is 0 Å². The van der Waals surface area contributed by atoms with Gasteiger partial charge in [-0.1, -0.05) is 56.2 Å². The largest absolute Gasteiger partial charge is 0.326 e. The van der Waals surface area contributed by atoms with Gasteiger partial charge in [0.25, 0.3) is 0 Å². The van der Waals surface area contributed by atoms with Gasteiger partial charge in [-0.15, -0.1) is 0 Å². The van der Waals surface area contributed by atoms with Crippen molar-refractivity contribution in [2.45, 2.75) is 39.0 Å². The van der Waals surface area contributed by atoms with Crippen molar-refractivity contribution in [1.82, 2.24) is 0 Å². The Balaban J connectivity index is 1.87. The summed E-state index contributed by atoms with van der Waals surface area (Å²) in [6.07, 6.45) is 3.90. The third-order valence-corrected chi connectivity index (χ3v) is 3.64. The van der Waals surface area contributed by atoms with E-state index in [9.17, 15) is 9.59 Å². The molecule has 0 heterocycles. The summed E-state index contributed by atoms with van der Waals surface area (Å²) in [5, 5.41) is 5.74. The fourth-order valence-corrected chi connectivity index (χ4v) is 2.42. The van der Waals surface area contributed by atoms with E-state index < -0.39 is 0 Å². The molecule has 0 aliphatic carbocycles. The molecule has 2 amide bonds. The Morgan fingerprint density at radius 3 is 2.17 bits per heavy atom. The molecule has 2 aromatic rings. The van der Waals surface area contributed by atoms with Crippen molar-refractivity contribution < 1.29 is 9.59 Å². The molecule has 4 nitrogen and oxygen atoms in total. The number of hydrogen-bond acceptors (Lipinski definition) is 2. The number of anilines is 2. The van der Waals surface area contributed by atoms with Crippen molar-refractivity contribution in [3.05, 3.63) is 60.2 Å². The predicted molar refractivity (Wildman–Crippen MR) is 98.0 cm³/mol. The Bertz CT molecular complexity index is 668. The lowest BCUT2D eigenvalue weighted by molar-refractivity contribution is -0.116. The van der Waals surface area contributed by atoms with Crippen LogP contribution in [-0.2, 0) is 16.0 Å². The summed E-state index contributed by atoms with van der Waals surface area (Å²) < 4.78 is 0. The van der Waals surface area contributed by atoms with E-state index in [2.05, 4.69) is 17.6 Å². The van der Waals surface area contributed by atoms with E-state index >= 15 is 0 Å². The number of carbonyl (C=O) groups is 2. The Morgan fingerprint density at radius 1 is 0.833 bits per heavy atom. The topological polar surface area (TPSA) is 58.2 Å². The first-order valence-corrected chi connectivity index (χ1v) is 8.41. The summed E-state index contributed by atoms with van der Waals surface area (Å²) in [5.41, 5.74) is 2.35. The molecule has 0 spiro atoms. The molecule has 0 bridgehead atoms. The number of amides is 2. The van der Waals surface area contributed by atoms with Gasteiger partial charge in [0, 0.05) is 17.8 Å². The van der Waals surface area contributed by atoms with Crippen LogP contribution in [0.1, 0.15) is 38.2 Å². The van der Waals surface area contributed by atoms with Crippen molar-refractivity contribution in [2.75, 3.05) is 10.6 Å². The summed E-state index contributed by atoms with van der Waals surface area (Å²) in [4.78, 5) is 24.0. The SMILES string of the molecule is CCCCCC(=O)Nc1cccc(NC(=O)Cc2ccccc2)c1. The summed E-state index contributed by atoms with van der Waals surface area (Å²) in [7, 11) is 0. The lowest BCUT2D eigenvalue weighted by Crippen LogP contribution is -2.15. The number of carbonyl (C=O) groups excluding carboxylic acids is 2. The third-order valence-electron chi connectivity index (χ3n) is 3.64. The molecule has 0 saturated carbocycles. The van der Waals surface area contributed by atoms with Gasteiger partial charge >= 0.3 is 0 Å². The maximum absolute atomic E-state index is 12.1. The van der Waals surface area contributed by atoms with Crippen molar-refractivity contribution in [1.29, 1.82) is 0 Å². The lowest BCUT2D eigenvalue weighted by Gasteiger charge is -2.09. The fraction of sp³-hybridized carbons (Fsp3) is 0.300. The van der Waals surface area contributed by atoms with Crippen molar-refractivity contribution in [3.63, 3.8) is 0 Å². The highest BCUT2D eigenvalue weighted by atomic mass is 16.2. The molecule has 2 aromatic carbocycles. The number of hydrogen-bond donors (Lipinski definition) is 2. The highest BCUT2D eigenvalue weighted by Gasteiger charge is 2.06.